The number of nitrogen functional groups attached to an aromatic ring is 1. The first-order valence-electron chi connectivity index (χ1n) is 6.84. The van der Waals surface area contributed by atoms with Crippen LogP contribution in [-0.4, -0.2) is 30.6 Å². The Morgan fingerprint density at radius 2 is 2.00 bits per heavy atom. The fourth-order valence-electron chi connectivity index (χ4n) is 2.72. The molecule has 0 atom stereocenters. The molecule has 0 saturated heterocycles. The van der Waals surface area contributed by atoms with Crippen LogP contribution in [0, 0.1) is 0 Å². The van der Waals surface area contributed by atoms with Crippen LogP contribution in [0.25, 0.3) is 27.8 Å². The van der Waals surface area contributed by atoms with Crippen LogP contribution in [0.3, 0.4) is 0 Å². The first-order chi connectivity index (χ1) is 11.2. The SMILES string of the molecule is CSc1nccc(-c2c3c(=O)cc[nH]c3n3c(N)nccc23)n1.Cl. The van der Waals surface area contributed by atoms with Crippen LogP contribution in [0.1, 0.15) is 0 Å². The van der Waals surface area contributed by atoms with Gasteiger partial charge in [0.15, 0.2) is 10.6 Å². The fourth-order valence-corrected chi connectivity index (χ4v) is 3.08. The largest absolute Gasteiger partial charge is 0.369 e. The molecule has 0 spiro atoms. The number of aromatic amines is 1. The number of thioether (sulfide) groups is 1. The number of nitrogens with zero attached hydrogens (tertiary/aromatic N) is 4. The van der Waals surface area contributed by atoms with Gasteiger partial charge in [0, 0.05) is 30.2 Å². The maximum absolute atomic E-state index is 12.5. The van der Waals surface area contributed by atoms with Crippen molar-refractivity contribution in [3.05, 3.63) is 47.0 Å². The number of halogens is 1. The number of nitrogens with two attached hydrogens (primary N) is 1. The van der Waals surface area contributed by atoms with Crippen LogP contribution in [0.4, 0.5) is 5.95 Å². The van der Waals surface area contributed by atoms with Gasteiger partial charge in [0.05, 0.1) is 16.6 Å². The first kappa shape index (κ1) is 16.3. The van der Waals surface area contributed by atoms with E-state index in [4.69, 9.17) is 5.73 Å². The maximum Gasteiger partial charge on any atom is 0.206 e. The molecule has 4 aromatic rings. The smallest absolute Gasteiger partial charge is 0.206 e. The van der Waals surface area contributed by atoms with Gasteiger partial charge < -0.3 is 10.7 Å². The second-order valence-corrected chi connectivity index (χ2v) is 5.67. The van der Waals surface area contributed by atoms with Gasteiger partial charge in [-0.25, -0.2) is 15.0 Å². The third kappa shape index (κ3) is 2.31. The van der Waals surface area contributed by atoms with Crippen molar-refractivity contribution in [2.45, 2.75) is 5.16 Å². The normalized spacial score (nSPS) is 10.9. The van der Waals surface area contributed by atoms with E-state index in [1.165, 1.54) is 17.8 Å². The zero-order valence-corrected chi connectivity index (χ0v) is 14.2. The summed E-state index contributed by atoms with van der Waals surface area (Å²) in [4.78, 5) is 28.4. The van der Waals surface area contributed by atoms with Crippen LogP contribution in [0.2, 0.25) is 0 Å². The van der Waals surface area contributed by atoms with E-state index in [0.717, 1.165) is 11.1 Å². The number of pyridine rings is 1. The minimum Gasteiger partial charge on any atom is -0.369 e. The van der Waals surface area contributed by atoms with Gasteiger partial charge in [-0.15, -0.1) is 12.4 Å². The van der Waals surface area contributed by atoms with E-state index in [1.807, 2.05) is 12.3 Å². The number of hydrogen-bond donors (Lipinski definition) is 2. The quantitative estimate of drug-likeness (QED) is 0.420. The lowest BCUT2D eigenvalue weighted by molar-refractivity contribution is 0.977. The second-order valence-electron chi connectivity index (χ2n) is 4.89. The first-order valence-corrected chi connectivity index (χ1v) is 8.07. The molecule has 0 fully saturated rings. The van der Waals surface area contributed by atoms with Gasteiger partial charge in [-0.05, 0) is 18.4 Å². The number of anilines is 1. The average Bonchev–Trinajstić information content (AvgIpc) is 2.92. The highest BCUT2D eigenvalue weighted by molar-refractivity contribution is 7.98. The van der Waals surface area contributed by atoms with E-state index >= 15 is 0 Å². The highest BCUT2D eigenvalue weighted by Gasteiger charge is 2.19. The number of H-pyrrole nitrogens is 1. The fraction of sp³-hybridized carbons (Fsp3) is 0.0667. The summed E-state index contributed by atoms with van der Waals surface area (Å²) in [7, 11) is 0. The van der Waals surface area contributed by atoms with Gasteiger partial charge in [-0.2, -0.15) is 0 Å². The molecule has 0 aliphatic rings. The van der Waals surface area contributed by atoms with Crippen molar-refractivity contribution in [1.82, 2.24) is 24.3 Å². The third-order valence-electron chi connectivity index (χ3n) is 3.65. The molecule has 4 heterocycles. The molecule has 24 heavy (non-hydrogen) atoms. The van der Waals surface area contributed by atoms with Crippen LogP contribution >= 0.6 is 24.2 Å². The molecule has 7 nitrogen and oxygen atoms in total. The lowest BCUT2D eigenvalue weighted by atomic mass is 10.1. The lowest BCUT2D eigenvalue weighted by Gasteiger charge is -2.02. The van der Waals surface area contributed by atoms with Crippen LogP contribution < -0.4 is 11.2 Å². The summed E-state index contributed by atoms with van der Waals surface area (Å²) in [5, 5.41) is 1.18. The zero-order chi connectivity index (χ0) is 16.0. The Kier molecular flexibility index (Phi) is 4.16. The molecular weight excluding hydrogens is 348 g/mol. The Balaban J connectivity index is 0.00000169. The number of nitrogens with one attached hydrogen (secondary N) is 1. The third-order valence-corrected chi connectivity index (χ3v) is 4.21. The van der Waals surface area contributed by atoms with Gasteiger partial charge in [0.1, 0.15) is 5.65 Å². The molecule has 0 unspecified atom stereocenters. The summed E-state index contributed by atoms with van der Waals surface area (Å²) < 4.78 is 1.73. The second kappa shape index (κ2) is 6.14. The Morgan fingerprint density at radius 3 is 2.79 bits per heavy atom. The Morgan fingerprint density at radius 1 is 1.21 bits per heavy atom. The average molecular weight is 361 g/mol. The van der Waals surface area contributed by atoms with Gasteiger partial charge in [0.25, 0.3) is 0 Å². The van der Waals surface area contributed by atoms with E-state index < -0.39 is 0 Å². The summed E-state index contributed by atoms with van der Waals surface area (Å²) >= 11 is 1.45. The molecule has 0 aliphatic heterocycles. The van der Waals surface area contributed by atoms with Crippen molar-refractivity contribution in [2.24, 2.45) is 0 Å². The molecule has 0 radical (unpaired) electrons. The minimum atomic E-state index is -0.0961. The van der Waals surface area contributed by atoms with Crippen molar-refractivity contribution >= 4 is 46.7 Å². The van der Waals surface area contributed by atoms with E-state index in [2.05, 4.69) is 19.9 Å². The van der Waals surface area contributed by atoms with E-state index in [9.17, 15) is 4.79 Å². The predicted octanol–water partition coefficient (Wildman–Crippen LogP) is 2.36. The highest BCUT2D eigenvalue weighted by Crippen LogP contribution is 2.32. The highest BCUT2D eigenvalue weighted by atomic mass is 35.5. The summed E-state index contributed by atoms with van der Waals surface area (Å²) in [5.41, 5.74) is 8.71. The van der Waals surface area contributed by atoms with Gasteiger partial charge in [0.2, 0.25) is 5.95 Å². The van der Waals surface area contributed by atoms with Gasteiger partial charge in [-0.1, -0.05) is 11.8 Å². The molecular formula is C15H13ClN6OS. The van der Waals surface area contributed by atoms with Crippen molar-refractivity contribution in [3.63, 3.8) is 0 Å². The van der Waals surface area contributed by atoms with Crippen LogP contribution in [-0.2, 0) is 0 Å². The topological polar surface area (TPSA) is 102 Å². The van der Waals surface area contributed by atoms with Gasteiger partial charge >= 0.3 is 0 Å². The standard InChI is InChI=1S/C15H12N6OS.ClH/c1-23-15-19-5-2-8(20-15)11-9-3-6-18-14(16)21(9)13-12(11)10(22)4-7-17-13;/h2-7H,1H3,(H2,16,18)(H,17,22);1H. The molecule has 122 valence electrons. The molecule has 0 bridgehead atoms. The summed E-state index contributed by atoms with van der Waals surface area (Å²) in [6, 6.07) is 5.10. The maximum atomic E-state index is 12.5. The Bertz CT molecular complexity index is 1110. The molecule has 4 rings (SSSR count). The molecule has 9 heteroatoms. The molecule has 0 saturated carbocycles. The summed E-state index contributed by atoms with van der Waals surface area (Å²) in [6.45, 7) is 0. The predicted molar refractivity (Wildman–Crippen MR) is 97.8 cm³/mol. The van der Waals surface area contributed by atoms with Crippen molar-refractivity contribution < 1.29 is 0 Å². The molecule has 3 N–H and O–H groups in total. The van der Waals surface area contributed by atoms with Crippen LogP contribution in [0.5, 0.6) is 0 Å². The molecule has 0 aromatic carbocycles. The molecule has 4 aromatic heterocycles. The van der Waals surface area contributed by atoms with E-state index in [1.54, 1.807) is 29.1 Å². The van der Waals surface area contributed by atoms with Crippen molar-refractivity contribution in [3.8, 4) is 11.3 Å². The molecule has 0 amide bonds. The number of aromatic nitrogens is 5. The number of rotatable bonds is 2. The van der Waals surface area contributed by atoms with Crippen molar-refractivity contribution in [2.75, 3.05) is 12.0 Å². The van der Waals surface area contributed by atoms with E-state index in [-0.39, 0.29) is 17.8 Å². The number of hydrogen-bond acceptors (Lipinski definition) is 6. The van der Waals surface area contributed by atoms with Crippen LogP contribution in [0.15, 0.2) is 46.7 Å². The lowest BCUT2D eigenvalue weighted by Crippen LogP contribution is -2.02. The summed E-state index contributed by atoms with van der Waals surface area (Å²) in [6.07, 6.45) is 6.81. The van der Waals surface area contributed by atoms with Gasteiger partial charge in [-0.3, -0.25) is 9.20 Å². The molecule has 0 aliphatic carbocycles. The Labute approximate surface area is 146 Å². The minimum absolute atomic E-state index is 0. The Hall–Kier alpha value is -2.58. The van der Waals surface area contributed by atoms with Crippen molar-refractivity contribution in [1.29, 1.82) is 0 Å². The zero-order valence-electron chi connectivity index (χ0n) is 12.6. The monoisotopic (exact) mass is 360 g/mol. The number of fused-ring (bicyclic) bond motifs is 3. The van der Waals surface area contributed by atoms with E-state index in [0.29, 0.717) is 27.8 Å². The summed E-state index contributed by atoms with van der Waals surface area (Å²) in [5.74, 6) is 0.305.